The first kappa shape index (κ1) is 23.1. The first-order valence-electron chi connectivity index (χ1n) is 11.2. The Morgan fingerprint density at radius 2 is 1.71 bits per heavy atom. The fourth-order valence-electron chi connectivity index (χ4n) is 4.01. The van der Waals surface area contributed by atoms with Crippen LogP contribution in [0.1, 0.15) is 36.6 Å². The van der Waals surface area contributed by atoms with Crippen LogP contribution in [0.15, 0.2) is 78.4 Å². The Kier molecular flexibility index (Phi) is 6.41. The van der Waals surface area contributed by atoms with Gasteiger partial charge in [-0.05, 0) is 72.5 Å². The van der Waals surface area contributed by atoms with E-state index in [1.54, 1.807) is 48.5 Å². The highest BCUT2D eigenvalue weighted by Crippen LogP contribution is 2.43. The average molecular weight is 458 g/mol. The molecule has 6 nitrogen and oxygen atoms in total. The number of phenols is 1. The number of ketones is 1. The minimum Gasteiger partial charge on any atom is -0.508 e. The lowest BCUT2D eigenvalue weighted by Gasteiger charge is -2.25. The largest absolute Gasteiger partial charge is 0.508 e. The number of ether oxygens (including phenoxy) is 1. The quantitative estimate of drug-likeness (QED) is 0.296. The lowest BCUT2D eigenvalue weighted by molar-refractivity contribution is -0.132. The zero-order valence-electron chi connectivity index (χ0n) is 19.4. The van der Waals surface area contributed by atoms with E-state index in [0.29, 0.717) is 35.1 Å². The molecule has 3 aromatic rings. The summed E-state index contributed by atoms with van der Waals surface area (Å²) in [5.41, 5.74) is 2.33. The van der Waals surface area contributed by atoms with Crippen molar-refractivity contribution in [1.29, 1.82) is 0 Å². The highest BCUT2D eigenvalue weighted by atomic mass is 16.5. The second kappa shape index (κ2) is 9.43. The molecule has 34 heavy (non-hydrogen) atoms. The molecule has 0 aromatic heterocycles. The molecule has 1 aliphatic heterocycles. The summed E-state index contributed by atoms with van der Waals surface area (Å²) in [6.45, 7) is 6.56. The second-order valence-electron chi connectivity index (χ2n) is 8.83. The minimum atomic E-state index is -0.897. The molecule has 174 valence electrons. The zero-order chi connectivity index (χ0) is 24.4. The number of phenolic OH excluding ortho intramolecular Hbond substituents is 1. The third kappa shape index (κ3) is 4.53. The van der Waals surface area contributed by atoms with Crippen LogP contribution in [-0.4, -0.2) is 28.5 Å². The van der Waals surface area contributed by atoms with Crippen LogP contribution < -0.4 is 9.64 Å². The molecule has 2 N–H and O–H groups in total. The van der Waals surface area contributed by atoms with Gasteiger partial charge < -0.3 is 14.9 Å². The molecule has 0 saturated carbocycles. The molecule has 1 saturated heterocycles. The maximum absolute atomic E-state index is 13.2. The Labute approximate surface area is 198 Å². The van der Waals surface area contributed by atoms with E-state index in [1.165, 1.54) is 17.0 Å². The van der Waals surface area contributed by atoms with E-state index >= 15 is 0 Å². The SMILES string of the molecule is Cc1cccc(N2C(=O)C(=O)/C(=C(/O)c3ccc(OCC(C)C)cc3)C2c2cccc(O)c2)c1. The third-order valence-corrected chi connectivity index (χ3v) is 5.62. The van der Waals surface area contributed by atoms with Crippen LogP contribution in [0.25, 0.3) is 5.76 Å². The van der Waals surface area contributed by atoms with Crippen molar-refractivity contribution in [2.24, 2.45) is 5.92 Å². The van der Waals surface area contributed by atoms with Crippen molar-refractivity contribution in [3.05, 3.63) is 95.1 Å². The van der Waals surface area contributed by atoms with Gasteiger partial charge in [0.25, 0.3) is 11.7 Å². The maximum atomic E-state index is 13.2. The molecule has 1 unspecified atom stereocenters. The molecule has 0 radical (unpaired) electrons. The van der Waals surface area contributed by atoms with Gasteiger partial charge in [-0.3, -0.25) is 14.5 Å². The number of aryl methyl sites for hydroxylation is 1. The van der Waals surface area contributed by atoms with Crippen LogP contribution in [0.3, 0.4) is 0 Å². The van der Waals surface area contributed by atoms with Gasteiger partial charge in [-0.1, -0.05) is 38.1 Å². The van der Waals surface area contributed by atoms with E-state index in [2.05, 4.69) is 13.8 Å². The van der Waals surface area contributed by atoms with Gasteiger partial charge in [-0.15, -0.1) is 0 Å². The molecule has 4 rings (SSSR count). The fourth-order valence-corrected chi connectivity index (χ4v) is 4.01. The van der Waals surface area contributed by atoms with Crippen molar-refractivity contribution in [2.45, 2.75) is 26.8 Å². The van der Waals surface area contributed by atoms with Crippen LogP contribution in [0.5, 0.6) is 11.5 Å². The summed E-state index contributed by atoms with van der Waals surface area (Å²) in [6, 6.07) is 19.5. The molecule has 6 heteroatoms. The van der Waals surface area contributed by atoms with E-state index in [4.69, 9.17) is 4.74 Å². The number of hydrogen-bond acceptors (Lipinski definition) is 5. The number of hydrogen-bond donors (Lipinski definition) is 2. The Morgan fingerprint density at radius 3 is 2.35 bits per heavy atom. The summed E-state index contributed by atoms with van der Waals surface area (Å²) >= 11 is 0. The van der Waals surface area contributed by atoms with Gasteiger partial charge in [0.1, 0.15) is 17.3 Å². The number of Topliss-reactive ketones (excluding diaryl/α,β-unsaturated/α-hetero) is 1. The number of anilines is 1. The van der Waals surface area contributed by atoms with E-state index in [0.717, 1.165) is 5.56 Å². The maximum Gasteiger partial charge on any atom is 0.300 e. The van der Waals surface area contributed by atoms with Gasteiger partial charge in [0, 0.05) is 11.3 Å². The number of carbonyl (C=O) groups excluding carboxylic acids is 2. The van der Waals surface area contributed by atoms with Gasteiger partial charge >= 0.3 is 0 Å². The predicted molar refractivity (Wildman–Crippen MR) is 131 cm³/mol. The van der Waals surface area contributed by atoms with E-state index < -0.39 is 17.7 Å². The van der Waals surface area contributed by atoms with Crippen molar-refractivity contribution >= 4 is 23.1 Å². The summed E-state index contributed by atoms with van der Waals surface area (Å²) in [7, 11) is 0. The zero-order valence-corrected chi connectivity index (χ0v) is 19.4. The third-order valence-electron chi connectivity index (χ3n) is 5.62. The molecule has 1 heterocycles. The smallest absolute Gasteiger partial charge is 0.300 e. The van der Waals surface area contributed by atoms with Gasteiger partial charge in [0.05, 0.1) is 18.2 Å². The second-order valence-corrected chi connectivity index (χ2v) is 8.83. The highest BCUT2D eigenvalue weighted by Gasteiger charge is 2.47. The first-order valence-corrected chi connectivity index (χ1v) is 11.2. The van der Waals surface area contributed by atoms with Crippen molar-refractivity contribution in [3.63, 3.8) is 0 Å². The molecule has 0 aliphatic carbocycles. The Bertz CT molecular complexity index is 1260. The van der Waals surface area contributed by atoms with E-state index in [-0.39, 0.29) is 17.1 Å². The number of aliphatic hydroxyl groups is 1. The topological polar surface area (TPSA) is 87.1 Å². The van der Waals surface area contributed by atoms with Gasteiger partial charge in [0.15, 0.2) is 0 Å². The lowest BCUT2D eigenvalue weighted by Crippen LogP contribution is -2.29. The Hall–Kier alpha value is -4.06. The molecular weight excluding hydrogens is 430 g/mol. The van der Waals surface area contributed by atoms with Crippen molar-refractivity contribution in [3.8, 4) is 11.5 Å². The summed E-state index contributed by atoms with van der Waals surface area (Å²) in [6.07, 6.45) is 0. The van der Waals surface area contributed by atoms with E-state index in [9.17, 15) is 19.8 Å². The number of aliphatic hydroxyl groups excluding tert-OH is 1. The van der Waals surface area contributed by atoms with Crippen molar-refractivity contribution in [1.82, 2.24) is 0 Å². The Morgan fingerprint density at radius 1 is 1.00 bits per heavy atom. The standard InChI is InChI=1S/C28H27NO5/c1-17(2)16-34-23-12-10-19(11-13-23)26(31)24-25(20-7-5-9-22(30)15-20)29(28(33)27(24)32)21-8-4-6-18(3)14-21/h4-15,17,25,30-31H,16H2,1-3H3/b26-24+. The summed E-state index contributed by atoms with van der Waals surface area (Å²) < 4.78 is 5.70. The molecule has 0 spiro atoms. The van der Waals surface area contributed by atoms with Crippen molar-refractivity contribution < 1.29 is 24.5 Å². The average Bonchev–Trinajstić information content (AvgIpc) is 3.08. The summed E-state index contributed by atoms with van der Waals surface area (Å²) in [5.74, 6) is -0.788. The predicted octanol–water partition coefficient (Wildman–Crippen LogP) is 5.36. The lowest BCUT2D eigenvalue weighted by atomic mass is 9.95. The van der Waals surface area contributed by atoms with Gasteiger partial charge in [0.2, 0.25) is 0 Å². The number of rotatable bonds is 6. The number of amides is 1. The normalized spacial score (nSPS) is 17.4. The number of nitrogens with zero attached hydrogens (tertiary/aromatic N) is 1. The van der Waals surface area contributed by atoms with Crippen LogP contribution in [-0.2, 0) is 9.59 Å². The monoisotopic (exact) mass is 457 g/mol. The first-order chi connectivity index (χ1) is 16.3. The molecule has 1 amide bonds. The van der Waals surface area contributed by atoms with Gasteiger partial charge in [-0.25, -0.2) is 0 Å². The number of aromatic hydroxyl groups is 1. The highest BCUT2D eigenvalue weighted by molar-refractivity contribution is 6.51. The van der Waals surface area contributed by atoms with Crippen molar-refractivity contribution in [2.75, 3.05) is 11.5 Å². The summed E-state index contributed by atoms with van der Waals surface area (Å²) in [4.78, 5) is 27.8. The van der Waals surface area contributed by atoms with Crippen LogP contribution in [0.4, 0.5) is 5.69 Å². The minimum absolute atomic E-state index is 0.000941. The summed E-state index contributed by atoms with van der Waals surface area (Å²) in [5, 5.41) is 21.3. The fraction of sp³-hybridized carbons (Fsp3) is 0.214. The molecule has 1 atom stereocenters. The molecule has 0 bridgehead atoms. The van der Waals surface area contributed by atoms with Gasteiger partial charge in [-0.2, -0.15) is 0 Å². The van der Waals surface area contributed by atoms with Crippen LogP contribution in [0.2, 0.25) is 0 Å². The van der Waals surface area contributed by atoms with Crippen LogP contribution in [0, 0.1) is 12.8 Å². The molecule has 1 fully saturated rings. The van der Waals surface area contributed by atoms with E-state index in [1.807, 2.05) is 19.1 Å². The molecule has 1 aliphatic rings. The Balaban J connectivity index is 1.83. The molecular formula is C28H27NO5. The number of carbonyl (C=O) groups is 2. The van der Waals surface area contributed by atoms with Crippen LogP contribution >= 0.6 is 0 Å². The number of benzene rings is 3. The molecule has 3 aromatic carbocycles.